The highest BCUT2D eigenvalue weighted by Crippen LogP contribution is 2.18. The Balaban J connectivity index is 1.57. The molecule has 1 saturated heterocycles. The highest BCUT2D eigenvalue weighted by atomic mass is 16.5. The second-order valence-corrected chi connectivity index (χ2v) is 6.76. The van der Waals surface area contributed by atoms with Gasteiger partial charge in [-0.1, -0.05) is 24.3 Å². The average Bonchev–Trinajstić information content (AvgIpc) is 3.26. The summed E-state index contributed by atoms with van der Waals surface area (Å²) in [7, 11) is 0. The standard InChI is InChI=1S/C22H27N3O3/c1-2-25(19-10-4-3-5-11-19)22(27)17-8-6-9-18(14-17)23-16-21(26)24-15-20-12-7-13-28-20/h3-6,8-11,14,20,23H,2,7,12-13,15-16H2,1H3,(H,24,26). The number of carbonyl (C=O) groups excluding carboxylic acids is 2. The van der Waals surface area contributed by atoms with Gasteiger partial charge in [0.25, 0.3) is 5.91 Å². The maximum Gasteiger partial charge on any atom is 0.258 e. The Labute approximate surface area is 165 Å². The fourth-order valence-electron chi connectivity index (χ4n) is 3.25. The Bertz CT molecular complexity index is 789. The van der Waals surface area contributed by atoms with Crippen LogP contribution in [-0.2, 0) is 9.53 Å². The fraction of sp³-hybridized carbons (Fsp3) is 0.364. The van der Waals surface area contributed by atoms with Crippen LogP contribution in [0.3, 0.4) is 0 Å². The largest absolute Gasteiger partial charge is 0.376 e. The zero-order valence-electron chi connectivity index (χ0n) is 16.2. The minimum absolute atomic E-state index is 0.0693. The first kappa shape index (κ1) is 19.9. The molecule has 2 amide bonds. The molecular weight excluding hydrogens is 354 g/mol. The van der Waals surface area contributed by atoms with Gasteiger partial charge >= 0.3 is 0 Å². The van der Waals surface area contributed by atoms with Gasteiger partial charge in [0.15, 0.2) is 0 Å². The lowest BCUT2D eigenvalue weighted by atomic mass is 10.1. The van der Waals surface area contributed by atoms with E-state index in [-0.39, 0.29) is 24.5 Å². The number of hydrogen-bond donors (Lipinski definition) is 2. The lowest BCUT2D eigenvalue weighted by molar-refractivity contribution is -0.119. The molecule has 6 nitrogen and oxygen atoms in total. The zero-order valence-corrected chi connectivity index (χ0v) is 16.2. The Morgan fingerprint density at radius 1 is 1.14 bits per heavy atom. The highest BCUT2D eigenvalue weighted by Gasteiger charge is 2.17. The van der Waals surface area contributed by atoms with Crippen LogP contribution >= 0.6 is 0 Å². The van der Waals surface area contributed by atoms with E-state index in [0.29, 0.717) is 18.7 Å². The molecule has 1 unspecified atom stereocenters. The van der Waals surface area contributed by atoms with Gasteiger partial charge in [0.1, 0.15) is 0 Å². The fourth-order valence-corrected chi connectivity index (χ4v) is 3.25. The lowest BCUT2D eigenvalue weighted by Gasteiger charge is -2.21. The first-order valence-electron chi connectivity index (χ1n) is 9.76. The molecule has 1 aliphatic heterocycles. The number of ether oxygens (including phenoxy) is 1. The van der Waals surface area contributed by atoms with Gasteiger partial charge in [-0.15, -0.1) is 0 Å². The number of carbonyl (C=O) groups is 2. The summed E-state index contributed by atoms with van der Waals surface area (Å²) in [4.78, 5) is 26.7. The summed E-state index contributed by atoms with van der Waals surface area (Å²) in [6.45, 7) is 4.00. The van der Waals surface area contributed by atoms with E-state index in [1.165, 1.54) is 0 Å². The minimum atomic E-state index is -0.0910. The number of rotatable bonds is 8. The van der Waals surface area contributed by atoms with E-state index in [4.69, 9.17) is 4.74 Å². The highest BCUT2D eigenvalue weighted by molar-refractivity contribution is 6.06. The van der Waals surface area contributed by atoms with Crippen molar-refractivity contribution < 1.29 is 14.3 Å². The number of para-hydroxylation sites is 1. The SMILES string of the molecule is CCN(C(=O)c1cccc(NCC(=O)NCC2CCCO2)c1)c1ccccc1. The second-order valence-electron chi connectivity index (χ2n) is 6.76. The van der Waals surface area contributed by atoms with Gasteiger partial charge in [0.05, 0.1) is 12.6 Å². The number of hydrogen-bond acceptors (Lipinski definition) is 4. The molecular formula is C22H27N3O3. The van der Waals surface area contributed by atoms with Gasteiger partial charge in [0.2, 0.25) is 5.91 Å². The van der Waals surface area contributed by atoms with Gasteiger partial charge in [-0.25, -0.2) is 0 Å². The normalized spacial score (nSPS) is 15.8. The van der Waals surface area contributed by atoms with Crippen LogP contribution in [-0.4, -0.2) is 44.2 Å². The summed E-state index contributed by atoms with van der Waals surface area (Å²) in [6.07, 6.45) is 2.17. The Morgan fingerprint density at radius 2 is 1.96 bits per heavy atom. The van der Waals surface area contributed by atoms with Gasteiger partial charge in [-0.2, -0.15) is 0 Å². The van der Waals surface area contributed by atoms with E-state index < -0.39 is 0 Å². The molecule has 1 atom stereocenters. The summed E-state index contributed by atoms with van der Waals surface area (Å²) in [5.74, 6) is -0.160. The molecule has 1 heterocycles. The Kier molecular flexibility index (Phi) is 7.03. The Morgan fingerprint density at radius 3 is 2.68 bits per heavy atom. The van der Waals surface area contributed by atoms with E-state index in [1.807, 2.05) is 49.4 Å². The predicted octanol–water partition coefficient (Wildman–Crippen LogP) is 3.06. The van der Waals surface area contributed by atoms with Crippen LogP contribution in [0.25, 0.3) is 0 Å². The maximum absolute atomic E-state index is 12.9. The minimum Gasteiger partial charge on any atom is -0.376 e. The van der Waals surface area contributed by atoms with Crippen molar-refractivity contribution in [1.29, 1.82) is 0 Å². The smallest absolute Gasteiger partial charge is 0.258 e. The van der Waals surface area contributed by atoms with Crippen molar-refractivity contribution >= 4 is 23.2 Å². The molecule has 1 aliphatic rings. The van der Waals surface area contributed by atoms with Gasteiger partial charge in [-0.05, 0) is 50.1 Å². The maximum atomic E-state index is 12.9. The molecule has 148 valence electrons. The number of nitrogens with zero attached hydrogens (tertiary/aromatic N) is 1. The van der Waals surface area contributed by atoms with E-state index in [1.54, 1.807) is 17.0 Å². The first-order valence-corrected chi connectivity index (χ1v) is 9.76. The monoisotopic (exact) mass is 381 g/mol. The topological polar surface area (TPSA) is 70.7 Å². The van der Waals surface area contributed by atoms with E-state index in [9.17, 15) is 9.59 Å². The first-order chi connectivity index (χ1) is 13.7. The van der Waals surface area contributed by atoms with Crippen molar-refractivity contribution in [1.82, 2.24) is 5.32 Å². The van der Waals surface area contributed by atoms with Crippen molar-refractivity contribution in [2.75, 3.05) is 36.5 Å². The van der Waals surface area contributed by atoms with Crippen molar-refractivity contribution in [2.24, 2.45) is 0 Å². The summed E-state index contributed by atoms with van der Waals surface area (Å²) >= 11 is 0. The van der Waals surface area contributed by atoms with E-state index in [0.717, 1.165) is 30.8 Å². The van der Waals surface area contributed by atoms with E-state index in [2.05, 4.69) is 10.6 Å². The second kappa shape index (κ2) is 9.90. The van der Waals surface area contributed by atoms with Gasteiger partial charge in [-0.3, -0.25) is 9.59 Å². The molecule has 3 rings (SSSR count). The van der Waals surface area contributed by atoms with Crippen molar-refractivity contribution in [2.45, 2.75) is 25.9 Å². The van der Waals surface area contributed by atoms with Crippen LogP contribution in [0.1, 0.15) is 30.1 Å². The van der Waals surface area contributed by atoms with Crippen molar-refractivity contribution in [3.8, 4) is 0 Å². The molecule has 0 radical (unpaired) electrons. The quantitative estimate of drug-likeness (QED) is 0.737. The van der Waals surface area contributed by atoms with Gasteiger partial charge < -0.3 is 20.3 Å². The molecule has 0 aliphatic carbocycles. The molecule has 6 heteroatoms. The van der Waals surface area contributed by atoms with Crippen molar-refractivity contribution in [3.63, 3.8) is 0 Å². The van der Waals surface area contributed by atoms with Crippen LogP contribution in [0.5, 0.6) is 0 Å². The molecule has 0 saturated carbocycles. The van der Waals surface area contributed by atoms with Crippen LogP contribution in [0, 0.1) is 0 Å². The summed E-state index contributed by atoms with van der Waals surface area (Å²) in [5.41, 5.74) is 2.18. The predicted molar refractivity (Wildman–Crippen MR) is 111 cm³/mol. The number of nitrogens with one attached hydrogen (secondary N) is 2. The van der Waals surface area contributed by atoms with Crippen LogP contribution in [0.2, 0.25) is 0 Å². The third-order valence-corrected chi connectivity index (χ3v) is 4.74. The Hall–Kier alpha value is -2.86. The third kappa shape index (κ3) is 5.33. The number of anilines is 2. The van der Waals surface area contributed by atoms with Crippen LogP contribution in [0.15, 0.2) is 54.6 Å². The third-order valence-electron chi connectivity index (χ3n) is 4.74. The molecule has 0 spiro atoms. The molecule has 0 aromatic heterocycles. The van der Waals surface area contributed by atoms with Gasteiger partial charge in [0, 0.05) is 36.6 Å². The summed E-state index contributed by atoms with van der Waals surface area (Å²) in [5, 5.41) is 5.97. The average molecular weight is 381 g/mol. The van der Waals surface area contributed by atoms with Crippen LogP contribution < -0.4 is 15.5 Å². The molecule has 28 heavy (non-hydrogen) atoms. The van der Waals surface area contributed by atoms with E-state index >= 15 is 0 Å². The number of amides is 2. The van der Waals surface area contributed by atoms with Crippen LogP contribution in [0.4, 0.5) is 11.4 Å². The lowest BCUT2D eigenvalue weighted by Crippen LogP contribution is -2.35. The molecule has 2 aromatic rings. The summed E-state index contributed by atoms with van der Waals surface area (Å²) in [6, 6.07) is 16.8. The molecule has 1 fully saturated rings. The molecule has 2 N–H and O–H groups in total. The number of benzene rings is 2. The summed E-state index contributed by atoms with van der Waals surface area (Å²) < 4.78 is 5.50. The molecule has 0 bridgehead atoms. The zero-order chi connectivity index (χ0) is 19.8. The van der Waals surface area contributed by atoms with Crippen molar-refractivity contribution in [3.05, 3.63) is 60.2 Å². The molecule has 2 aromatic carbocycles.